The number of rotatable bonds is 4. The Kier molecular flexibility index (Phi) is 4.36. The highest BCUT2D eigenvalue weighted by Crippen LogP contribution is 2.38. The molecule has 1 saturated carbocycles. The Labute approximate surface area is 151 Å². The van der Waals surface area contributed by atoms with Gasteiger partial charge in [-0.15, -0.1) is 5.10 Å². The number of ether oxygens (including phenoxy) is 2. The summed E-state index contributed by atoms with van der Waals surface area (Å²) in [5.41, 5.74) is 0.189. The highest BCUT2D eigenvalue weighted by atomic mass is 16.7. The maximum atomic E-state index is 12.3. The van der Waals surface area contributed by atoms with Crippen molar-refractivity contribution < 1.29 is 14.3 Å². The van der Waals surface area contributed by atoms with Crippen LogP contribution in [0.1, 0.15) is 44.9 Å². The molecule has 2 amide bonds. The summed E-state index contributed by atoms with van der Waals surface area (Å²) in [7, 11) is 0. The van der Waals surface area contributed by atoms with E-state index in [1.807, 2.05) is 25.1 Å². The summed E-state index contributed by atoms with van der Waals surface area (Å²) < 4.78 is 12.5. The van der Waals surface area contributed by atoms with Crippen LogP contribution < -0.4 is 20.1 Å². The molecular weight excluding hydrogens is 336 g/mol. The van der Waals surface area contributed by atoms with Gasteiger partial charge in [-0.3, -0.25) is 0 Å². The molecule has 0 atom stereocenters. The van der Waals surface area contributed by atoms with Crippen LogP contribution in [-0.2, 0) is 5.54 Å². The molecule has 0 bridgehead atoms. The Balaban J connectivity index is 1.71. The Morgan fingerprint density at radius 2 is 2.04 bits per heavy atom. The highest BCUT2D eigenvalue weighted by molar-refractivity contribution is 5.74. The summed E-state index contributed by atoms with van der Waals surface area (Å²) in [6.45, 7) is 2.67. The zero-order chi connectivity index (χ0) is 18.0. The van der Waals surface area contributed by atoms with Crippen molar-refractivity contribution in [3.05, 3.63) is 24.0 Å². The van der Waals surface area contributed by atoms with E-state index in [1.165, 1.54) is 0 Å². The third kappa shape index (κ3) is 2.93. The summed E-state index contributed by atoms with van der Waals surface area (Å²) >= 11 is 0. The number of aromatic nitrogens is 4. The number of fused-ring (bicyclic) bond motifs is 1. The van der Waals surface area contributed by atoms with Crippen molar-refractivity contribution in [1.82, 2.24) is 30.8 Å². The van der Waals surface area contributed by atoms with E-state index in [4.69, 9.17) is 9.47 Å². The van der Waals surface area contributed by atoms with Crippen LogP contribution in [0.25, 0.3) is 5.69 Å². The van der Waals surface area contributed by atoms with Crippen molar-refractivity contribution in [3.8, 4) is 17.2 Å². The average molecular weight is 358 g/mol. The van der Waals surface area contributed by atoms with E-state index in [9.17, 15) is 4.79 Å². The van der Waals surface area contributed by atoms with Crippen LogP contribution in [0, 0.1) is 0 Å². The summed E-state index contributed by atoms with van der Waals surface area (Å²) in [5.74, 6) is 2.01. The molecule has 0 unspecified atom stereocenters. The largest absolute Gasteiger partial charge is 0.454 e. The number of carbonyl (C=O) groups excluding carboxylic acids is 1. The molecule has 1 aliphatic carbocycles. The molecule has 2 heterocycles. The molecule has 4 rings (SSSR count). The minimum atomic E-state index is -0.586. The second kappa shape index (κ2) is 6.81. The first-order valence-electron chi connectivity index (χ1n) is 8.97. The lowest BCUT2D eigenvalue weighted by atomic mass is 9.81. The second-order valence-corrected chi connectivity index (χ2v) is 6.58. The van der Waals surface area contributed by atoms with Gasteiger partial charge in [-0.25, -0.2) is 4.79 Å². The van der Waals surface area contributed by atoms with Crippen molar-refractivity contribution in [1.29, 1.82) is 0 Å². The van der Waals surface area contributed by atoms with Gasteiger partial charge in [0.1, 0.15) is 5.54 Å². The second-order valence-electron chi connectivity index (χ2n) is 6.58. The van der Waals surface area contributed by atoms with Gasteiger partial charge in [0.05, 0.1) is 5.69 Å². The minimum absolute atomic E-state index is 0.199. The zero-order valence-corrected chi connectivity index (χ0v) is 14.7. The van der Waals surface area contributed by atoms with Crippen LogP contribution >= 0.6 is 0 Å². The van der Waals surface area contributed by atoms with E-state index in [0.29, 0.717) is 23.9 Å². The van der Waals surface area contributed by atoms with E-state index in [1.54, 1.807) is 4.68 Å². The topological polar surface area (TPSA) is 103 Å². The predicted octanol–water partition coefficient (Wildman–Crippen LogP) is 1.87. The molecular formula is C17H22N6O3. The highest BCUT2D eigenvalue weighted by Gasteiger charge is 2.40. The molecule has 1 aliphatic heterocycles. The Hall–Kier alpha value is -2.84. The lowest BCUT2D eigenvalue weighted by Crippen LogP contribution is -2.52. The number of nitrogens with zero attached hydrogens (tertiary/aromatic N) is 4. The third-order valence-electron chi connectivity index (χ3n) is 4.90. The van der Waals surface area contributed by atoms with E-state index in [2.05, 4.69) is 26.2 Å². The average Bonchev–Trinajstić information content (AvgIpc) is 3.31. The molecule has 1 fully saturated rings. The predicted molar refractivity (Wildman–Crippen MR) is 92.2 cm³/mol. The smallest absolute Gasteiger partial charge is 0.315 e. The molecule has 2 aliphatic rings. The SMILES string of the molecule is CCNC(=O)NC1(c2nnnn2-c2ccc3c(c2)OCO3)CCCCC1. The van der Waals surface area contributed by atoms with Gasteiger partial charge >= 0.3 is 6.03 Å². The Bertz CT molecular complexity index is 800. The van der Waals surface area contributed by atoms with Crippen molar-refractivity contribution in [2.24, 2.45) is 0 Å². The maximum Gasteiger partial charge on any atom is 0.315 e. The summed E-state index contributed by atoms with van der Waals surface area (Å²) in [6.07, 6.45) is 4.77. The van der Waals surface area contributed by atoms with E-state index in [0.717, 1.165) is 37.8 Å². The van der Waals surface area contributed by atoms with Gasteiger partial charge in [-0.2, -0.15) is 4.68 Å². The Morgan fingerprint density at radius 1 is 1.23 bits per heavy atom. The van der Waals surface area contributed by atoms with Crippen molar-refractivity contribution in [3.63, 3.8) is 0 Å². The Morgan fingerprint density at radius 3 is 2.85 bits per heavy atom. The third-order valence-corrected chi connectivity index (χ3v) is 4.90. The van der Waals surface area contributed by atoms with Crippen LogP contribution in [0.5, 0.6) is 11.5 Å². The zero-order valence-electron chi connectivity index (χ0n) is 14.7. The van der Waals surface area contributed by atoms with Crippen molar-refractivity contribution in [2.75, 3.05) is 13.3 Å². The van der Waals surface area contributed by atoms with Crippen LogP contribution in [0.3, 0.4) is 0 Å². The molecule has 2 N–H and O–H groups in total. The first kappa shape index (κ1) is 16.6. The van der Waals surface area contributed by atoms with E-state index < -0.39 is 5.54 Å². The van der Waals surface area contributed by atoms with Gasteiger partial charge < -0.3 is 20.1 Å². The lowest BCUT2D eigenvalue weighted by Gasteiger charge is -2.36. The lowest BCUT2D eigenvalue weighted by molar-refractivity contribution is 0.174. The molecule has 9 heteroatoms. The number of urea groups is 1. The quantitative estimate of drug-likeness (QED) is 0.865. The van der Waals surface area contributed by atoms with E-state index in [-0.39, 0.29) is 12.8 Å². The summed E-state index contributed by atoms with van der Waals surface area (Å²) in [4.78, 5) is 12.3. The molecule has 0 saturated heterocycles. The fourth-order valence-electron chi connectivity index (χ4n) is 3.66. The standard InChI is InChI=1S/C17H22N6O3/c1-2-18-16(24)19-17(8-4-3-5-9-17)15-20-21-22-23(15)12-6-7-13-14(10-12)26-11-25-13/h6-7,10H,2-5,8-9,11H2,1H3,(H2,18,19,24). The molecule has 1 aromatic carbocycles. The van der Waals surface area contributed by atoms with Crippen LogP contribution in [-0.4, -0.2) is 39.6 Å². The monoisotopic (exact) mass is 358 g/mol. The summed E-state index contributed by atoms with van der Waals surface area (Å²) in [6, 6.07) is 5.38. The molecule has 2 aromatic rings. The number of benzene rings is 1. The fourth-order valence-corrected chi connectivity index (χ4v) is 3.66. The van der Waals surface area contributed by atoms with Crippen LogP contribution in [0.2, 0.25) is 0 Å². The first-order chi connectivity index (χ1) is 12.7. The fraction of sp³-hybridized carbons (Fsp3) is 0.529. The van der Waals surface area contributed by atoms with Crippen molar-refractivity contribution in [2.45, 2.75) is 44.6 Å². The molecule has 0 radical (unpaired) electrons. The maximum absolute atomic E-state index is 12.3. The number of hydrogen-bond acceptors (Lipinski definition) is 6. The molecule has 0 spiro atoms. The number of hydrogen-bond donors (Lipinski definition) is 2. The van der Waals surface area contributed by atoms with E-state index >= 15 is 0 Å². The van der Waals surface area contributed by atoms with Gasteiger partial charge in [0.2, 0.25) is 6.79 Å². The van der Waals surface area contributed by atoms with Gasteiger partial charge in [-0.05, 0) is 42.3 Å². The summed E-state index contributed by atoms with van der Waals surface area (Å²) in [5, 5.41) is 18.3. The first-order valence-corrected chi connectivity index (χ1v) is 8.97. The molecule has 1 aromatic heterocycles. The normalized spacial score (nSPS) is 17.7. The van der Waals surface area contributed by atoms with Gasteiger partial charge in [0, 0.05) is 12.6 Å². The molecule has 138 valence electrons. The number of amides is 2. The number of tetrazole rings is 1. The molecule has 26 heavy (non-hydrogen) atoms. The van der Waals surface area contributed by atoms with Gasteiger partial charge in [0.15, 0.2) is 17.3 Å². The molecule has 9 nitrogen and oxygen atoms in total. The van der Waals surface area contributed by atoms with Crippen LogP contribution in [0.15, 0.2) is 18.2 Å². The van der Waals surface area contributed by atoms with Crippen LogP contribution in [0.4, 0.5) is 4.79 Å². The minimum Gasteiger partial charge on any atom is -0.454 e. The number of nitrogens with one attached hydrogen (secondary N) is 2. The van der Waals surface area contributed by atoms with Gasteiger partial charge in [-0.1, -0.05) is 19.3 Å². The van der Waals surface area contributed by atoms with Gasteiger partial charge in [0.25, 0.3) is 0 Å². The van der Waals surface area contributed by atoms with Crippen molar-refractivity contribution >= 4 is 6.03 Å². The number of carbonyl (C=O) groups is 1.